The van der Waals surface area contributed by atoms with Crippen molar-refractivity contribution >= 4 is 33.2 Å². The Balaban J connectivity index is 1.39. The Morgan fingerprint density at radius 3 is 2.34 bits per heavy atom. The van der Waals surface area contributed by atoms with E-state index in [0.717, 1.165) is 31.2 Å². The predicted molar refractivity (Wildman–Crippen MR) is 123 cm³/mol. The summed E-state index contributed by atoms with van der Waals surface area (Å²) in [5, 5.41) is 2.75. The van der Waals surface area contributed by atoms with Crippen molar-refractivity contribution in [3.05, 3.63) is 66.2 Å². The number of benzene rings is 2. The molecule has 0 spiro atoms. The molecular formula is C24H27N3O4S. The van der Waals surface area contributed by atoms with E-state index in [9.17, 15) is 18.0 Å². The van der Waals surface area contributed by atoms with E-state index < -0.39 is 10.0 Å². The van der Waals surface area contributed by atoms with Crippen LogP contribution in [0, 0.1) is 0 Å². The first-order valence-electron chi connectivity index (χ1n) is 10.9. The topological polar surface area (TPSA) is 86.8 Å². The number of sulfonamides is 1. The summed E-state index contributed by atoms with van der Waals surface area (Å²) in [4.78, 5) is 26.8. The maximum atomic E-state index is 13.0. The summed E-state index contributed by atoms with van der Waals surface area (Å²) < 4.78 is 27.6. The van der Waals surface area contributed by atoms with E-state index in [0.29, 0.717) is 30.0 Å². The van der Waals surface area contributed by atoms with Crippen molar-refractivity contribution in [2.45, 2.75) is 37.0 Å². The molecule has 0 unspecified atom stereocenters. The number of fused-ring (bicyclic) bond motifs is 1. The van der Waals surface area contributed by atoms with Crippen LogP contribution >= 0.6 is 0 Å². The molecule has 2 aliphatic rings. The molecule has 2 heterocycles. The Bertz CT molecular complexity index is 1120. The maximum absolute atomic E-state index is 13.0. The van der Waals surface area contributed by atoms with Gasteiger partial charge in [-0.15, -0.1) is 0 Å². The quantitative estimate of drug-likeness (QED) is 0.722. The van der Waals surface area contributed by atoms with Crippen LogP contribution in [0.1, 0.15) is 48.0 Å². The van der Waals surface area contributed by atoms with Crippen LogP contribution in [0.4, 0.5) is 5.69 Å². The Morgan fingerprint density at radius 2 is 1.66 bits per heavy atom. The van der Waals surface area contributed by atoms with Crippen molar-refractivity contribution in [3.8, 4) is 0 Å². The van der Waals surface area contributed by atoms with Gasteiger partial charge in [0.05, 0.1) is 4.90 Å². The number of carbonyl (C=O) groups is 2. The van der Waals surface area contributed by atoms with E-state index in [1.54, 1.807) is 30.3 Å². The highest BCUT2D eigenvalue weighted by Gasteiger charge is 2.30. The highest BCUT2D eigenvalue weighted by molar-refractivity contribution is 7.89. The highest BCUT2D eigenvalue weighted by atomic mass is 32.2. The molecule has 0 saturated carbocycles. The van der Waals surface area contributed by atoms with E-state index in [1.165, 1.54) is 15.3 Å². The summed E-state index contributed by atoms with van der Waals surface area (Å²) in [6.45, 7) is 5.23. The zero-order chi connectivity index (χ0) is 22.7. The number of hydrogen-bond acceptors (Lipinski definition) is 4. The molecule has 1 fully saturated rings. The molecule has 32 heavy (non-hydrogen) atoms. The van der Waals surface area contributed by atoms with E-state index in [4.69, 9.17) is 0 Å². The Morgan fingerprint density at radius 1 is 0.969 bits per heavy atom. The monoisotopic (exact) mass is 453 g/mol. The van der Waals surface area contributed by atoms with Crippen molar-refractivity contribution in [1.82, 2.24) is 9.21 Å². The third-order valence-corrected chi connectivity index (χ3v) is 7.82. The molecule has 0 atom stereocenters. The molecule has 2 aliphatic heterocycles. The number of amides is 2. The fourth-order valence-electron chi connectivity index (χ4n) is 4.17. The Labute approximate surface area is 188 Å². The van der Waals surface area contributed by atoms with Gasteiger partial charge in [-0.05, 0) is 37.1 Å². The molecule has 2 aromatic rings. The van der Waals surface area contributed by atoms with Crippen LogP contribution in [0.25, 0.3) is 5.70 Å². The first-order valence-corrected chi connectivity index (χ1v) is 12.3. The summed E-state index contributed by atoms with van der Waals surface area (Å²) >= 11 is 0. The largest absolute Gasteiger partial charge is 0.326 e. The van der Waals surface area contributed by atoms with Crippen LogP contribution in [-0.2, 0) is 14.8 Å². The van der Waals surface area contributed by atoms with Crippen LogP contribution in [0.3, 0.4) is 0 Å². The lowest BCUT2D eigenvalue weighted by molar-refractivity contribution is -0.116. The minimum absolute atomic E-state index is 0.0713. The van der Waals surface area contributed by atoms with Gasteiger partial charge in [0.15, 0.2) is 0 Å². The number of anilines is 1. The van der Waals surface area contributed by atoms with Gasteiger partial charge in [0.1, 0.15) is 0 Å². The summed E-state index contributed by atoms with van der Waals surface area (Å²) in [6.07, 6.45) is 3.88. The number of nitrogens with one attached hydrogen (secondary N) is 1. The number of hydrogen-bond donors (Lipinski definition) is 1. The van der Waals surface area contributed by atoms with Crippen LogP contribution in [0.5, 0.6) is 0 Å². The fraction of sp³-hybridized carbons (Fsp3) is 0.333. The van der Waals surface area contributed by atoms with Gasteiger partial charge in [-0.1, -0.05) is 43.7 Å². The van der Waals surface area contributed by atoms with Gasteiger partial charge in [0.25, 0.3) is 5.91 Å². The lowest BCUT2D eigenvalue weighted by atomic mass is 10.1. The van der Waals surface area contributed by atoms with Crippen molar-refractivity contribution in [1.29, 1.82) is 0 Å². The molecule has 1 saturated heterocycles. The first kappa shape index (κ1) is 22.2. The lowest BCUT2D eigenvalue weighted by Crippen LogP contribution is -2.32. The standard InChI is InChI=1S/C24H27N3O4S/c1-18-21-11-4-5-12-22(21)24(29)27(18)16-13-23(28)25-19-9-8-10-20(17-19)32(30,31)26-14-6-2-3-7-15-26/h4-5,8-12,17H,1-3,6-7,13-16H2,(H,25,28). The van der Waals surface area contributed by atoms with Gasteiger partial charge < -0.3 is 10.2 Å². The van der Waals surface area contributed by atoms with Crippen molar-refractivity contribution < 1.29 is 18.0 Å². The van der Waals surface area contributed by atoms with E-state index in [2.05, 4.69) is 11.9 Å². The molecule has 1 N–H and O–H groups in total. The molecule has 0 radical (unpaired) electrons. The fourth-order valence-corrected chi connectivity index (χ4v) is 5.74. The Kier molecular flexibility index (Phi) is 6.43. The van der Waals surface area contributed by atoms with E-state index >= 15 is 0 Å². The summed E-state index contributed by atoms with van der Waals surface area (Å²) in [5.41, 5.74) is 2.37. The third kappa shape index (κ3) is 4.47. The van der Waals surface area contributed by atoms with Crippen LogP contribution in [-0.4, -0.2) is 49.1 Å². The lowest BCUT2D eigenvalue weighted by Gasteiger charge is -2.20. The molecule has 0 aliphatic carbocycles. The van der Waals surface area contributed by atoms with E-state index in [1.807, 2.05) is 12.1 Å². The normalized spacial score (nSPS) is 17.2. The zero-order valence-electron chi connectivity index (χ0n) is 17.9. The SMILES string of the molecule is C=C1c2ccccc2C(=O)N1CCC(=O)Nc1cccc(S(=O)(=O)N2CCCCCC2)c1. The van der Waals surface area contributed by atoms with E-state index in [-0.39, 0.29) is 29.7 Å². The van der Waals surface area contributed by atoms with Gasteiger partial charge in [-0.25, -0.2) is 8.42 Å². The van der Waals surface area contributed by atoms with Gasteiger partial charge in [-0.2, -0.15) is 4.31 Å². The molecular weight excluding hydrogens is 426 g/mol. The van der Waals surface area contributed by atoms with Crippen molar-refractivity contribution in [3.63, 3.8) is 0 Å². The summed E-state index contributed by atoms with van der Waals surface area (Å²) in [7, 11) is -3.60. The molecule has 0 bridgehead atoms. The number of nitrogens with zero attached hydrogens (tertiary/aromatic N) is 2. The molecule has 0 aromatic heterocycles. The second kappa shape index (κ2) is 9.26. The summed E-state index contributed by atoms with van der Waals surface area (Å²) in [6, 6.07) is 13.6. The minimum atomic E-state index is -3.60. The molecule has 4 rings (SSSR count). The van der Waals surface area contributed by atoms with Crippen LogP contribution < -0.4 is 5.32 Å². The average molecular weight is 454 g/mol. The second-order valence-corrected chi connectivity index (χ2v) is 10.0. The molecule has 8 heteroatoms. The van der Waals surface area contributed by atoms with Gasteiger partial charge >= 0.3 is 0 Å². The van der Waals surface area contributed by atoms with Crippen molar-refractivity contribution in [2.24, 2.45) is 0 Å². The summed E-state index contributed by atoms with van der Waals surface area (Å²) in [5.74, 6) is -0.463. The first-order chi connectivity index (χ1) is 15.4. The van der Waals surface area contributed by atoms with Gasteiger partial charge in [-0.3, -0.25) is 9.59 Å². The Hall–Kier alpha value is -2.97. The van der Waals surface area contributed by atoms with Gasteiger partial charge in [0.2, 0.25) is 15.9 Å². The van der Waals surface area contributed by atoms with Crippen LogP contribution in [0.15, 0.2) is 60.0 Å². The number of carbonyl (C=O) groups excluding carboxylic acids is 2. The highest BCUT2D eigenvalue weighted by Crippen LogP contribution is 2.31. The second-order valence-electron chi connectivity index (χ2n) is 8.09. The van der Waals surface area contributed by atoms with Crippen molar-refractivity contribution in [2.75, 3.05) is 25.0 Å². The molecule has 7 nitrogen and oxygen atoms in total. The van der Waals surface area contributed by atoms with Crippen LogP contribution in [0.2, 0.25) is 0 Å². The molecule has 2 amide bonds. The molecule has 2 aromatic carbocycles. The maximum Gasteiger partial charge on any atom is 0.258 e. The third-order valence-electron chi connectivity index (χ3n) is 5.92. The van der Waals surface area contributed by atoms with Gasteiger partial charge in [0, 0.05) is 48.6 Å². The number of rotatable bonds is 6. The predicted octanol–water partition coefficient (Wildman–Crippen LogP) is 3.71. The minimum Gasteiger partial charge on any atom is -0.326 e. The smallest absolute Gasteiger partial charge is 0.258 e. The molecule has 168 valence electrons. The zero-order valence-corrected chi connectivity index (χ0v) is 18.7. The average Bonchev–Trinajstić information content (AvgIpc) is 2.98.